The Morgan fingerprint density at radius 1 is 1.16 bits per heavy atom. The summed E-state index contributed by atoms with van der Waals surface area (Å²) in [6, 6.07) is 4.06. The number of rotatable bonds is 10. The highest BCUT2D eigenvalue weighted by Gasteiger charge is 2.26. The number of aromatic hydroxyl groups is 1. The normalized spacial score (nSPS) is 12.9. The molecule has 0 aliphatic carbocycles. The number of carbonyl (C=O) groups excluding carboxylic acids is 2. The molecule has 0 fully saturated rings. The van der Waals surface area contributed by atoms with Gasteiger partial charge in [0.15, 0.2) is 0 Å². The van der Waals surface area contributed by atoms with Gasteiger partial charge in [0, 0.05) is 6.42 Å². The molecule has 0 aliphatic heterocycles. The van der Waals surface area contributed by atoms with Crippen LogP contribution in [0.3, 0.4) is 0 Å². The van der Waals surface area contributed by atoms with E-state index in [1.165, 1.54) is 23.9 Å². The lowest BCUT2D eigenvalue weighted by Crippen LogP contribution is -2.53. The van der Waals surface area contributed by atoms with Crippen molar-refractivity contribution in [1.29, 1.82) is 0 Å². The minimum atomic E-state index is -1.19. The molecule has 0 saturated carbocycles. The number of aliphatic carboxylic acids is 1. The second-order valence-corrected chi connectivity index (χ2v) is 6.36. The molecule has 138 valence electrons. The first-order valence-corrected chi connectivity index (χ1v) is 9.06. The number of hydrogen-bond donors (Lipinski definition) is 5. The first kappa shape index (κ1) is 20.8. The van der Waals surface area contributed by atoms with Crippen LogP contribution in [0, 0.1) is 0 Å². The van der Waals surface area contributed by atoms with E-state index in [0.717, 1.165) is 0 Å². The number of benzene rings is 1. The molecule has 1 aromatic carbocycles. The molecule has 8 nitrogen and oxygen atoms in total. The summed E-state index contributed by atoms with van der Waals surface area (Å²) in [4.78, 5) is 35.3. The molecule has 1 rings (SSSR count). The molecule has 2 amide bonds. The van der Waals surface area contributed by atoms with E-state index in [1.807, 2.05) is 6.26 Å². The Bertz CT molecular complexity index is 594. The Kier molecular flexibility index (Phi) is 8.79. The predicted octanol–water partition coefficient (Wildman–Crippen LogP) is -0.299. The largest absolute Gasteiger partial charge is 0.508 e. The van der Waals surface area contributed by atoms with Gasteiger partial charge in [-0.3, -0.25) is 9.59 Å². The van der Waals surface area contributed by atoms with E-state index < -0.39 is 29.9 Å². The van der Waals surface area contributed by atoms with E-state index in [0.29, 0.717) is 17.7 Å². The number of nitrogens with two attached hydrogens (primary N) is 1. The minimum absolute atomic E-state index is 0.0570. The third-order valence-electron chi connectivity index (χ3n) is 3.44. The van der Waals surface area contributed by atoms with E-state index >= 15 is 0 Å². The van der Waals surface area contributed by atoms with Crippen LogP contribution >= 0.6 is 11.8 Å². The number of thioether (sulfide) groups is 1. The number of carbonyl (C=O) groups is 3. The van der Waals surface area contributed by atoms with Gasteiger partial charge in [-0.2, -0.15) is 11.8 Å². The standard InChI is InChI=1S/C16H23N3O5S/c1-25-7-6-12(18-14(21)9-17)15(22)19-13(16(23)24)8-10-2-4-11(20)5-3-10/h2-5,12-13,20H,6-9,17H2,1H3,(H,18,21)(H,19,22)(H,23,24). The van der Waals surface area contributed by atoms with Gasteiger partial charge in [-0.05, 0) is 36.1 Å². The van der Waals surface area contributed by atoms with Gasteiger partial charge in [-0.1, -0.05) is 12.1 Å². The summed E-state index contributed by atoms with van der Waals surface area (Å²) in [5.41, 5.74) is 5.90. The summed E-state index contributed by atoms with van der Waals surface area (Å²) in [5, 5.41) is 23.6. The van der Waals surface area contributed by atoms with E-state index in [4.69, 9.17) is 5.73 Å². The molecule has 0 saturated heterocycles. The topological polar surface area (TPSA) is 142 Å². The quantitative estimate of drug-likeness (QED) is 0.381. The highest BCUT2D eigenvalue weighted by atomic mass is 32.2. The van der Waals surface area contributed by atoms with E-state index in [9.17, 15) is 24.6 Å². The van der Waals surface area contributed by atoms with Crippen LogP contribution in [-0.4, -0.2) is 58.6 Å². The highest BCUT2D eigenvalue weighted by Crippen LogP contribution is 2.12. The third kappa shape index (κ3) is 7.44. The van der Waals surface area contributed by atoms with Gasteiger partial charge in [0.2, 0.25) is 11.8 Å². The lowest BCUT2D eigenvalue weighted by atomic mass is 10.0. The van der Waals surface area contributed by atoms with E-state index in [-0.39, 0.29) is 18.7 Å². The fourth-order valence-electron chi connectivity index (χ4n) is 2.10. The number of phenols is 1. The van der Waals surface area contributed by atoms with Crippen molar-refractivity contribution >= 4 is 29.5 Å². The average molecular weight is 369 g/mol. The van der Waals surface area contributed by atoms with Crippen molar-refractivity contribution < 1.29 is 24.6 Å². The van der Waals surface area contributed by atoms with E-state index in [2.05, 4.69) is 10.6 Å². The molecule has 0 heterocycles. The third-order valence-corrected chi connectivity index (χ3v) is 4.08. The Morgan fingerprint density at radius 2 is 1.80 bits per heavy atom. The summed E-state index contributed by atoms with van der Waals surface area (Å²) < 4.78 is 0. The SMILES string of the molecule is CSCCC(NC(=O)CN)C(=O)NC(Cc1ccc(O)cc1)C(=O)O. The summed E-state index contributed by atoms with van der Waals surface area (Å²) in [7, 11) is 0. The predicted molar refractivity (Wildman–Crippen MR) is 95.4 cm³/mol. The van der Waals surface area contributed by atoms with Crippen molar-refractivity contribution in [3.63, 3.8) is 0 Å². The van der Waals surface area contributed by atoms with Crippen LogP contribution in [0.2, 0.25) is 0 Å². The molecular formula is C16H23N3O5S. The van der Waals surface area contributed by atoms with Gasteiger partial charge < -0.3 is 26.6 Å². The first-order valence-electron chi connectivity index (χ1n) is 7.66. The lowest BCUT2D eigenvalue weighted by molar-refractivity contribution is -0.142. The van der Waals surface area contributed by atoms with Crippen LogP contribution in [0.5, 0.6) is 5.75 Å². The maximum atomic E-state index is 12.4. The Labute approximate surface area is 150 Å². The van der Waals surface area contributed by atoms with Crippen LogP contribution in [0.4, 0.5) is 0 Å². The molecule has 2 atom stereocenters. The van der Waals surface area contributed by atoms with Crippen LogP contribution < -0.4 is 16.4 Å². The number of hydrogen-bond acceptors (Lipinski definition) is 6. The summed E-state index contributed by atoms with van der Waals surface area (Å²) in [6.07, 6.45) is 2.29. The van der Waals surface area contributed by atoms with Gasteiger partial charge in [-0.15, -0.1) is 0 Å². The zero-order chi connectivity index (χ0) is 18.8. The summed E-state index contributed by atoms with van der Waals surface area (Å²) >= 11 is 1.51. The van der Waals surface area contributed by atoms with Gasteiger partial charge in [-0.25, -0.2) is 4.79 Å². The maximum absolute atomic E-state index is 12.4. The van der Waals surface area contributed by atoms with Crippen molar-refractivity contribution in [2.45, 2.75) is 24.9 Å². The Morgan fingerprint density at radius 3 is 2.32 bits per heavy atom. The number of nitrogens with one attached hydrogen (secondary N) is 2. The number of amides is 2. The first-order chi connectivity index (χ1) is 11.9. The molecule has 0 spiro atoms. The van der Waals surface area contributed by atoms with Crippen molar-refractivity contribution in [3.8, 4) is 5.75 Å². The van der Waals surface area contributed by atoms with Crippen LogP contribution in [0.1, 0.15) is 12.0 Å². The van der Waals surface area contributed by atoms with Gasteiger partial charge in [0.25, 0.3) is 0 Å². The molecule has 0 radical (unpaired) electrons. The summed E-state index contributed by atoms with van der Waals surface area (Å²) in [5.74, 6) is -1.54. The lowest BCUT2D eigenvalue weighted by Gasteiger charge is -2.21. The molecule has 9 heteroatoms. The van der Waals surface area contributed by atoms with Crippen molar-refractivity contribution in [2.75, 3.05) is 18.6 Å². The minimum Gasteiger partial charge on any atom is -0.508 e. The molecule has 0 aliphatic rings. The van der Waals surface area contributed by atoms with Crippen molar-refractivity contribution in [2.24, 2.45) is 5.73 Å². The fraction of sp³-hybridized carbons (Fsp3) is 0.438. The number of carboxylic acid groups (broad SMARTS) is 1. The van der Waals surface area contributed by atoms with Crippen LogP contribution in [0.25, 0.3) is 0 Å². The smallest absolute Gasteiger partial charge is 0.326 e. The Balaban J connectivity index is 2.78. The molecule has 0 bridgehead atoms. The fourth-order valence-corrected chi connectivity index (χ4v) is 2.57. The Hall–Kier alpha value is -2.26. The maximum Gasteiger partial charge on any atom is 0.326 e. The number of carboxylic acids is 1. The monoisotopic (exact) mass is 369 g/mol. The molecule has 2 unspecified atom stereocenters. The second-order valence-electron chi connectivity index (χ2n) is 5.38. The zero-order valence-corrected chi connectivity index (χ0v) is 14.7. The van der Waals surface area contributed by atoms with E-state index in [1.54, 1.807) is 12.1 Å². The average Bonchev–Trinajstić information content (AvgIpc) is 2.59. The zero-order valence-electron chi connectivity index (χ0n) is 13.9. The van der Waals surface area contributed by atoms with Gasteiger partial charge >= 0.3 is 5.97 Å². The highest BCUT2D eigenvalue weighted by molar-refractivity contribution is 7.98. The second kappa shape index (κ2) is 10.6. The van der Waals surface area contributed by atoms with Gasteiger partial charge in [0.1, 0.15) is 17.8 Å². The molecular weight excluding hydrogens is 346 g/mol. The van der Waals surface area contributed by atoms with Crippen molar-refractivity contribution in [3.05, 3.63) is 29.8 Å². The molecule has 25 heavy (non-hydrogen) atoms. The molecule has 6 N–H and O–H groups in total. The van der Waals surface area contributed by atoms with Gasteiger partial charge in [0.05, 0.1) is 6.54 Å². The molecule has 1 aromatic rings. The number of phenolic OH excluding ortho intramolecular Hbond substituents is 1. The van der Waals surface area contributed by atoms with Crippen molar-refractivity contribution in [1.82, 2.24) is 10.6 Å². The van der Waals surface area contributed by atoms with Crippen LogP contribution in [0.15, 0.2) is 24.3 Å². The molecule has 0 aromatic heterocycles. The van der Waals surface area contributed by atoms with Crippen LogP contribution in [-0.2, 0) is 20.8 Å². The summed E-state index contributed by atoms with van der Waals surface area (Å²) in [6.45, 7) is -0.251.